The standard InChI is InChI=1S/C12H13BrN2O/c1-12(2,8-14)11(16)15-7-9-5-3-4-6-10(9)13/h3-6H,7H2,1-2H3,(H,15,16). The number of nitriles is 1. The molecule has 1 N–H and O–H groups in total. The van der Waals surface area contributed by atoms with Gasteiger partial charge in [-0.2, -0.15) is 5.26 Å². The molecule has 0 aliphatic rings. The maximum atomic E-state index is 11.6. The fraction of sp³-hybridized carbons (Fsp3) is 0.333. The van der Waals surface area contributed by atoms with Crippen LogP contribution in [0.1, 0.15) is 19.4 Å². The third-order valence-electron chi connectivity index (χ3n) is 2.24. The molecule has 0 saturated heterocycles. The molecule has 16 heavy (non-hydrogen) atoms. The van der Waals surface area contributed by atoms with E-state index in [1.54, 1.807) is 13.8 Å². The monoisotopic (exact) mass is 280 g/mol. The Balaban J connectivity index is 2.64. The number of carbonyl (C=O) groups is 1. The molecule has 1 aromatic carbocycles. The molecule has 0 unspecified atom stereocenters. The van der Waals surface area contributed by atoms with Crippen LogP contribution in [0.15, 0.2) is 28.7 Å². The smallest absolute Gasteiger partial charge is 0.240 e. The summed E-state index contributed by atoms with van der Waals surface area (Å²) in [5.41, 5.74) is 0.00550. The lowest BCUT2D eigenvalue weighted by Gasteiger charge is -2.15. The van der Waals surface area contributed by atoms with E-state index < -0.39 is 5.41 Å². The molecule has 1 amide bonds. The van der Waals surface area contributed by atoms with Crippen molar-refractivity contribution < 1.29 is 4.79 Å². The average Bonchev–Trinajstić information content (AvgIpc) is 2.27. The Hall–Kier alpha value is -1.34. The van der Waals surface area contributed by atoms with Crippen molar-refractivity contribution in [1.82, 2.24) is 5.32 Å². The summed E-state index contributed by atoms with van der Waals surface area (Å²) in [5, 5.41) is 11.5. The number of hydrogen-bond donors (Lipinski definition) is 1. The number of carbonyl (C=O) groups excluding carboxylic acids is 1. The van der Waals surface area contributed by atoms with Gasteiger partial charge in [-0.15, -0.1) is 0 Å². The Bertz CT molecular complexity index is 435. The molecule has 0 aliphatic heterocycles. The van der Waals surface area contributed by atoms with Gasteiger partial charge >= 0.3 is 0 Å². The van der Waals surface area contributed by atoms with Crippen LogP contribution in [0.25, 0.3) is 0 Å². The summed E-state index contributed by atoms with van der Waals surface area (Å²) in [6.45, 7) is 3.62. The van der Waals surface area contributed by atoms with Crippen LogP contribution in [0.2, 0.25) is 0 Å². The Morgan fingerprint density at radius 1 is 1.50 bits per heavy atom. The Morgan fingerprint density at radius 2 is 2.12 bits per heavy atom. The minimum Gasteiger partial charge on any atom is -0.351 e. The number of rotatable bonds is 3. The van der Waals surface area contributed by atoms with E-state index in [0.29, 0.717) is 6.54 Å². The van der Waals surface area contributed by atoms with Gasteiger partial charge in [0.05, 0.1) is 6.07 Å². The SMILES string of the molecule is CC(C)(C#N)C(=O)NCc1ccccc1Br. The van der Waals surface area contributed by atoms with Gasteiger partial charge in [-0.1, -0.05) is 34.1 Å². The van der Waals surface area contributed by atoms with E-state index in [1.807, 2.05) is 30.3 Å². The van der Waals surface area contributed by atoms with Gasteiger partial charge in [-0.05, 0) is 25.5 Å². The van der Waals surface area contributed by atoms with Crippen molar-refractivity contribution in [2.75, 3.05) is 0 Å². The van der Waals surface area contributed by atoms with E-state index in [9.17, 15) is 4.79 Å². The third-order valence-corrected chi connectivity index (χ3v) is 3.02. The first-order valence-electron chi connectivity index (χ1n) is 4.90. The summed E-state index contributed by atoms with van der Waals surface area (Å²) < 4.78 is 0.949. The lowest BCUT2D eigenvalue weighted by atomic mass is 9.95. The van der Waals surface area contributed by atoms with Gasteiger partial charge in [0.25, 0.3) is 0 Å². The molecular weight excluding hydrogens is 268 g/mol. The van der Waals surface area contributed by atoms with E-state index >= 15 is 0 Å². The zero-order chi connectivity index (χ0) is 12.2. The first-order valence-corrected chi connectivity index (χ1v) is 5.69. The fourth-order valence-corrected chi connectivity index (χ4v) is 1.51. The van der Waals surface area contributed by atoms with Crippen LogP contribution in [0.5, 0.6) is 0 Å². The van der Waals surface area contributed by atoms with Crippen LogP contribution < -0.4 is 5.32 Å². The van der Waals surface area contributed by atoms with Crippen LogP contribution in [0.4, 0.5) is 0 Å². The van der Waals surface area contributed by atoms with Crippen molar-refractivity contribution in [2.24, 2.45) is 5.41 Å². The molecule has 1 aromatic rings. The molecule has 84 valence electrons. The molecule has 0 radical (unpaired) electrons. The van der Waals surface area contributed by atoms with Crippen molar-refractivity contribution in [1.29, 1.82) is 5.26 Å². The molecule has 0 heterocycles. The second-order valence-electron chi connectivity index (χ2n) is 4.01. The van der Waals surface area contributed by atoms with Crippen LogP contribution in [-0.4, -0.2) is 5.91 Å². The molecule has 0 bridgehead atoms. The molecule has 0 saturated carbocycles. The highest BCUT2D eigenvalue weighted by molar-refractivity contribution is 9.10. The van der Waals surface area contributed by atoms with Gasteiger partial charge in [-0.25, -0.2) is 0 Å². The van der Waals surface area contributed by atoms with E-state index in [1.165, 1.54) is 0 Å². The van der Waals surface area contributed by atoms with Crippen molar-refractivity contribution in [2.45, 2.75) is 20.4 Å². The highest BCUT2D eigenvalue weighted by Crippen LogP contribution is 2.17. The van der Waals surface area contributed by atoms with Gasteiger partial charge in [0, 0.05) is 11.0 Å². The van der Waals surface area contributed by atoms with E-state index in [0.717, 1.165) is 10.0 Å². The third kappa shape index (κ3) is 3.07. The van der Waals surface area contributed by atoms with E-state index in [4.69, 9.17) is 5.26 Å². The molecule has 0 fully saturated rings. The van der Waals surface area contributed by atoms with Crippen molar-refractivity contribution >= 4 is 21.8 Å². The molecule has 0 spiro atoms. The maximum absolute atomic E-state index is 11.6. The minimum absolute atomic E-state index is 0.259. The lowest BCUT2D eigenvalue weighted by Crippen LogP contribution is -2.35. The number of halogens is 1. The van der Waals surface area contributed by atoms with Crippen LogP contribution in [-0.2, 0) is 11.3 Å². The fourth-order valence-electron chi connectivity index (χ4n) is 1.09. The van der Waals surface area contributed by atoms with Gasteiger partial charge in [-0.3, -0.25) is 4.79 Å². The number of nitrogens with one attached hydrogen (secondary N) is 1. The quantitative estimate of drug-likeness (QED) is 0.925. The summed E-state index contributed by atoms with van der Waals surface area (Å²) in [6.07, 6.45) is 0. The largest absolute Gasteiger partial charge is 0.351 e. The zero-order valence-electron chi connectivity index (χ0n) is 9.25. The van der Waals surface area contributed by atoms with Crippen molar-refractivity contribution in [3.8, 4) is 6.07 Å². The molecule has 0 aliphatic carbocycles. The summed E-state index contributed by atoms with van der Waals surface area (Å²) in [5.74, 6) is -0.259. The Kier molecular flexibility index (Phi) is 4.08. The minimum atomic E-state index is -0.985. The Labute approximate surface area is 104 Å². The topological polar surface area (TPSA) is 52.9 Å². The number of benzene rings is 1. The molecular formula is C12H13BrN2O. The highest BCUT2D eigenvalue weighted by Gasteiger charge is 2.26. The zero-order valence-corrected chi connectivity index (χ0v) is 10.8. The maximum Gasteiger partial charge on any atom is 0.240 e. The summed E-state index contributed by atoms with van der Waals surface area (Å²) in [7, 11) is 0. The van der Waals surface area contributed by atoms with Gasteiger partial charge in [0.1, 0.15) is 5.41 Å². The summed E-state index contributed by atoms with van der Waals surface area (Å²) >= 11 is 3.40. The first-order chi connectivity index (χ1) is 7.47. The van der Waals surface area contributed by atoms with Crippen LogP contribution >= 0.6 is 15.9 Å². The van der Waals surface area contributed by atoms with Crippen LogP contribution in [0, 0.1) is 16.7 Å². The van der Waals surface area contributed by atoms with Gasteiger partial charge in [0.15, 0.2) is 0 Å². The van der Waals surface area contributed by atoms with E-state index in [-0.39, 0.29) is 5.91 Å². The van der Waals surface area contributed by atoms with Gasteiger partial charge < -0.3 is 5.32 Å². The second-order valence-corrected chi connectivity index (χ2v) is 4.87. The number of nitrogens with zero attached hydrogens (tertiary/aromatic N) is 1. The second kappa shape index (κ2) is 5.13. The predicted molar refractivity (Wildman–Crippen MR) is 65.4 cm³/mol. The predicted octanol–water partition coefficient (Wildman–Crippen LogP) is 2.62. The number of amides is 1. The van der Waals surface area contributed by atoms with Gasteiger partial charge in [0.2, 0.25) is 5.91 Å². The molecule has 0 atom stereocenters. The summed E-state index contributed by atoms with van der Waals surface area (Å²) in [6, 6.07) is 9.62. The molecule has 1 rings (SSSR count). The highest BCUT2D eigenvalue weighted by atomic mass is 79.9. The molecule has 0 aromatic heterocycles. The Morgan fingerprint density at radius 3 is 2.69 bits per heavy atom. The lowest BCUT2D eigenvalue weighted by molar-refractivity contribution is -0.126. The first kappa shape index (κ1) is 12.7. The normalized spacial score (nSPS) is 10.6. The summed E-state index contributed by atoms with van der Waals surface area (Å²) in [4.78, 5) is 11.6. The molecule has 4 heteroatoms. The number of hydrogen-bond acceptors (Lipinski definition) is 2. The van der Waals surface area contributed by atoms with Crippen molar-refractivity contribution in [3.63, 3.8) is 0 Å². The van der Waals surface area contributed by atoms with Crippen LogP contribution in [0.3, 0.4) is 0 Å². The van der Waals surface area contributed by atoms with Crippen molar-refractivity contribution in [3.05, 3.63) is 34.3 Å². The molecule has 3 nitrogen and oxygen atoms in total. The van der Waals surface area contributed by atoms with E-state index in [2.05, 4.69) is 21.2 Å². The average molecular weight is 281 g/mol.